The molecular weight excluding hydrogens is 437 g/mol. The van der Waals surface area contributed by atoms with Gasteiger partial charge >= 0.3 is 6.18 Å². The van der Waals surface area contributed by atoms with E-state index in [2.05, 4.69) is 4.90 Å². The number of rotatable bonds is 9. The van der Waals surface area contributed by atoms with E-state index < -0.39 is 11.7 Å². The molecule has 0 saturated carbocycles. The Morgan fingerprint density at radius 3 is 2.61 bits per heavy atom. The topological polar surface area (TPSA) is 51.2 Å². The molecule has 1 aliphatic heterocycles. The quantitative estimate of drug-likeness (QED) is 0.564. The van der Waals surface area contributed by atoms with Crippen LogP contribution in [0.3, 0.4) is 0 Å². The Labute approximate surface area is 191 Å². The van der Waals surface area contributed by atoms with E-state index in [9.17, 15) is 18.0 Å². The summed E-state index contributed by atoms with van der Waals surface area (Å²) >= 11 is 0. The molecule has 0 aliphatic carbocycles. The normalized spacial score (nSPS) is 17.1. The minimum Gasteiger partial charge on any atom is -0.497 e. The van der Waals surface area contributed by atoms with Crippen LogP contribution in [0.1, 0.15) is 21.5 Å². The first-order valence-corrected chi connectivity index (χ1v) is 10.7. The van der Waals surface area contributed by atoms with Crippen molar-refractivity contribution in [3.05, 3.63) is 65.2 Å². The van der Waals surface area contributed by atoms with Crippen LogP contribution in [0.4, 0.5) is 13.2 Å². The molecule has 3 rings (SSSR count). The molecule has 0 radical (unpaired) electrons. The predicted molar refractivity (Wildman–Crippen MR) is 117 cm³/mol. The molecule has 1 amide bonds. The Kier molecular flexibility index (Phi) is 8.71. The number of halogens is 3. The molecule has 1 atom stereocenters. The summed E-state index contributed by atoms with van der Waals surface area (Å²) in [6.45, 7) is 3.07. The van der Waals surface area contributed by atoms with Crippen molar-refractivity contribution in [2.45, 2.75) is 18.8 Å². The molecule has 1 fully saturated rings. The van der Waals surface area contributed by atoms with Crippen molar-refractivity contribution in [2.75, 3.05) is 53.6 Å². The Hall–Kier alpha value is -2.62. The van der Waals surface area contributed by atoms with Crippen LogP contribution in [0.2, 0.25) is 0 Å². The van der Waals surface area contributed by atoms with Crippen LogP contribution >= 0.6 is 0 Å². The molecule has 0 bridgehead atoms. The third-order valence-electron chi connectivity index (χ3n) is 5.50. The molecular formula is C24H29F3N2O4. The SMILES string of the molecule is COCCN(CC1CN(Cc2cccc(C(F)(F)F)c2)CCO1)C(=O)c1ccc(OC)cc1. The Morgan fingerprint density at radius 1 is 1.18 bits per heavy atom. The van der Waals surface area contributed by atoms with Crippen molar-refractivity contribution in [3.8, 4) is 5.75 Å². The van der Waals surface area contributed by atoms with Gasteiger partial charge in [0.2, 0.25) is 0 Å². The monoisotopic (exact) mass is 466 g/mol. The minimum absolute atomic E-state index is 0.145. The fourth-order valence-corrected chi connectivity index (χ4v) is 3.78. The van der Waals surface area contributed by atoms with Gasteiger partial charge in [-0.2, -0.15) is 13.2 Å². The van der Waals surface area contributed by atoms with Gasteiger partial charge in [0.15, 0.2) is 0 Å². The number of hydrogen-bond acceptors (Lipinski definition) is 5. The number of alkyl halides is 3. The van der Waals surface area contributed by atoms with Gasteiger partial charge < -0.3 is 19.1 Å². The van der Waals surface area contributed by atoms with Crippen LogP contribution in [0.5, 0.6) is 5.75 Å². The third-order valence-corrected chi connectivity index (χ3v) is 5.50. The number of morpholine rings is 1. The van der Waals surface area contributed by atoms with Crippen LogP contribution in [-0.4, -0.2) is 75.4 Å². The number of amides is 1. The highest BCUT2D eigenvalue weighted by Gasteiger charge is 2.31. The van der Waals surface area contributed by atoms with Crippen LogP contribution in [0.25, 0.3) is 0 Å². The lowest BCUT2D eigenvalue weighted by Gasteiger charge is -2.36. The first-order valence-electron chi connectivity index (χ1n) is 10.7. The van der Waals surface area contributed by atoms with E-state index in [1.807, 2.05) is 0 Å². The van der Waals surface area contributed by atoms with Crippen molar-refractivity contribution in [2.24, 2.45) is 0 Å². The molecule has 2 aromatic carbocycles. The summed E-state index contributed by atoms with van der Waals surface area (Å²) in [7, 11) is 3.14. The largest absolute Gasteiger partial charge is 0.497 e. The van der Waals surface area contributed by atoms with Crippen molar-refractivity contribution >= 4 is 5.91 Å². The third kappa shape index (κ3) is 7.18. The molecule has 0 aromatic heterocycles. The summed E-state index contributed by atoms with van der Waals surface area (Å²) in [5, 5.41) is 0. The summed E-state index contributed by atoms with van der Waals surface area (Å²) in [6, 6.07) is 12.3. The molecule has 180 valence electrons. The van der Waals surface area contributed by atoms with Gasteiger partial charge in [-0.3, -0.25) is 9.69 Å². The van der Waals surface area contributed by atoms with Crippen molar-refractivity contribution in [1.29, 1.82) is 0 Å². The van der Waals surface area contributed by atoms with Gasteiger partial charge in [-0.1, -0.05) is 18.2 Å². The summed E-state index contributed by atoms with van der Waals surface area (Å²) in [5.74, 6) is 0.518. The van der Waals surface area contributed by atoms with Gasteiger partial charge in [-0.05, 0) is 35.9 Å². The van der Waals surface area contributed by atoms with Crippen LogP contribution in [0, 0.1) is 0 Å². The first kappa shape index (κ1) is 25.0. The minimum atomic E-state index is -4.37. The number of carbonyl (C=O) groups excluding carboxylic acids is 1. The fraction of sp³-hybridized carbons (Fsp3) is 0.458. The summed E-state index contributed by atoms with van der Waals surface area (Å²) in [5.41, 5.74) is 0.472. The van der Waals surface area contributed by atoms with E-state index in [1.165, 1.54) is 12.1 Å². The van der Waals surface area contributed by atoms with Gasteiger partial charge in [-0.25, -0.2) is 0 Å². The van der Waals surface area contributed by atoms with E-state index in [0.29, 0.717) is 62.8 Å². The average Bonchev–Trinajstić information content (AvgIpc) is 2.81. The van der Waals surface area contributed by atoms with Gasteiger partial charge in [0.25, 0.3) is 5.91 Å². The van der Waals surface area contributed by atoms with E-state index in [0.717, 1.165) is 6.07 Å². The number of methoxy groups -OCH3 is 2. The Bertz CT molecular complexity index is 905. The van der Waals surface area contributed by atoms with E-state index in [-0.39, 0.29) is 12.0 Å². The zero-order valence-corrected chi connectivity index (χ0v) is 18.8. The maximum atomic E-state index is 13.1. The number of carbonyl (C=O) groups is 1. The van der Waals surface area contributed by atoms with Gasteiger partial charge in [0, 0.05) is 45.4 Å². The first-order chi connectivity index (χ1) is 15.8. The molecule has 1 unspecified atom stereocenters. The van der Waals surface area contributed by atoms with E-state index >= 15 is 0 Å². The second-order valence-corrected chi connectivity index (χ2v) is 7.90. The molecule has 1 saturated heterocycles. The van der Waals surface area contributed by atoms with Crippen LogP contribution < -0.4 is 4.74 Å². The molecule has 1 aliphatic rings. The van der Waals surface area contributed by atoms with Crippen LogP contribution in [0.15, 0.2) is 48.5 Å². The Balaban J connectivity index is 1.64. The highest BCUT2D eigenvalue weighted by molar-refractivity contribution is 5.94. The van der Waals surface area contributed by atoms with Crippen LogP contribution in [-0.2, 0) is 22.2 Å². The maximum Gasteiger partial charge on any atom is 0.416 e. The molecule has 33 heavy (non-hydrogen) atoms. The molecule has 6 nitrogen and oxygen atoms in total. The number of benzene rings is 2. The molecule has 1 heterocycles. The van der Waals surface area contributed by atoms with Crippen molar-refractivity contribution < 1.29 is 32.2 Å². The van der Waals surface area contributed by atoms with Gasteiger partial charge in [-0.15, -0.1) is 0 Å². The summed E-state index contributed by atoms with van der Waals surface area (Å²) < 4.78 is 55.3. The number of nitrogens with zero attached hydrogens (tertiary/aromatic N) is 2. The zero-order valence-electron chi connectivity index (χ0n) is 18.8. The van der Waals surface area contributed by atoms with E-state index in [1.54, 1.807) is 49.5 Å². The fourth-order valence-electron chi connectivity index (χ4n) is 3.78. The highest BCUT2D eigenvalue weighted by Crippen LogP contribution is 2.30. The van der Waals surface area contributed by atoms with Gasteiger partial charge in [0.1, 0.15) is 5.75 Å². The number of ether oxygens (including phenoxy) is 3. The predicted octanol–water partition coefficient (Wildman–Crippen LogP) is 3.70. The summed E-state index contributed by atoms with van der Waals surface area (Å²) in [4.78, 5) is 16.8. The summed E-state index contributed by atoms with van der Waals surface area (Å²) in [6.07, 6.45) is -4.63. The highest BCUT2D eigenvalue weighted by atomic mass is 19.4. The lowest BCUT2D eigenvalue weighted by Crippen LogP contribution is -2.49. The molecule has 0 spiro atoms. The molecule has 2 aromatic rings. The second kappa shape index (κ2) is 11.5. The zero-order chi connectivity index (χ0) is 23.8. The van der Waals surface area contributed by atoms with Crippen molar-refractivity contribution in [3.63, 3.8) is 0 Å². The standard InChI is InChI=1S/C24H29F3N2O4/c1-31-12-11-29(23(30)19-6-8-21(32-2)9-7-19)17-22-16-28(10-13-33-22)15-18-4-3-5-20(14-18)24(25,26)27/h3-9,14,22H,10-13,15-17H2,1-2H3. The lowest BCUT2D eigenvalue weighted by atomic mass is 10.1. The lowest BCUT2D eigenvalue weighted by molar-refractivity contribution is -0.137. The maximum absolute atomic E-state index is 13.1. The smallest absolute Gasteiger partial charge is 0.416 e. The molecule has 0 N–H and O–H groups in total. The van der Waals surface area contributed by atoms with Crippen molar-refractivity contribution in [1.82, 2.24) is 9.80 Å². The van der Waals surface area contributed by atoms with E-state index in [4.69, 9.17) is 14.2 Å². The van der Waals surface area contributed by atoms with Gasteiger partial charge in [0.05, 0.1) is 32.0 Å². The Morgan fingerprint density at radius 2 is 1.94 bits per heavy atom. The second-order valence-electron chi connectivity index (χ2n) is 7.90. The number of hydrogen-bond donors (Lipinski definition) is 0. The average molecular weight is 467 g/mol. The molecule has 9 heteroatoms.